The fourth-order valence-electron chi connectivity index (χ4n) is 5.80. The van der Waals surface area contributed by atoms with Gasteiger partial charge in [-0.1, -0.05) is 43.6 Å². The fraction of sp³-hybridized carbons (Fsp3) is 0.250. The van der Waals surface area contributed by atoms with E-state index in [1.165, 1.54) is 32.4 Å². The monoisotopic (exact) mass is 1000 g/mol. The number of carbonyl (C=O) groups is 1. The van der Waals surface area contributed by atoms with Crippen molar-refractivity contribution in [3.8, 4) is 11.5 Å². The molecule has 1 unspecified atom stereocenters. The van der Waals surface area contributed by atoms with Crippen molar-refractivity contribution >= 4 is 99.9 Å². The highest BCUT2D eigenvalue weighted by Crippen LogP contribution is 2.40. The van der Waals surface area contributed by atoms with Gasteiger partial charge in [0.2, 0.25) is 0 Å². The lowest BCUT2D eigenvalue weighted by Gasteiger charge is -2.23. The number of ether oxygens (including phenoxy) is 2. The molecule has 8 nitrogen and oxygen atoms in total. The third-order valence-electron chi connectivity index (χ3n) is 8.30. The maximum Gasteiger partial charge on any atom is 0.316 e. The minimum Gasteiger partial charge on any atom is -1.00 e. The fourth-order valence-corrected chi connectivity index (χ4v) is 8.38. The van der Waals surface area contributed by atoms with Crippen molar-refractivity contribution in [2.75, 3.05) is 61.7 Å². The van der Waals surface area contributed by atoms with Crippen LogP contribution in [0.15, 0.2) is 98.9 Å². The third kappa shape index (κ3) is 9.24. The average molecular weight is 1010 g/mol. The Bertz CT molecular complexity index is 1960. The largest absolute Gasteiger partial charge is 1.00 e. The van der Waals surface area contributed by atoms with Gasteiger partial charge in [0.15, 0.2) is 17.5 Å². The summed E-state index contributed by atoms with van der Waals surface area (Å²) in [5.74, 6) is 1.22. The molecule has 1 atom stereocenters. The van der Waals surface area contributed by atoms with Gasteiger partial charge in [-0.05, 0) is 84.6 Å². The number of hydrogen-bond donors (Lipinski definition) is 1. The van der Waals surface area contributed by atoms with Crippen LogP contribution >= 0.6 is 72.4 Å². The van der Waals surface area contributed by atoms with Crippen LogP contribution in [0, 0.1) is 11.6 Å². The number of β-amino-alcohol motifs (C(OH)–C–C–N with tert-alkyl or cyclic N) is 1. The Morgan fingerprint density at radius 3 is 2.12 bits per heavy atom. The van der Waals surface area contributed by atoms with Crippen molar-refractivity contribution in [2.45, 2.75) is 5.72 Å². The van der Waals surface area contributed by atoms with Crippen molar-refractivity contribution in [1.82, 2.24) is 0 Å². The SMILES string of the molecule is Br.COc1ccc(C(=O)CN(C2=NCCS2)c2ccc(Br)cc2)c(F)c1.COc1ccc(C2(O)CN(c3ccc(Br)cc3)C3=[N+]2CCS3)c(F)c1.[Br-]. The van der Waals surface area contributed by atoms with Crippen LogP contribution in [0.25, 0.3) is 0 Å². The van der Waals surface area contributed by atoms with Crippen LogP contribution in [0.3, 0.4) is 0 Å². The molecule has 1 N–H and O–H groups in total. The molecule has 52 heavy (non-hydrogen) atoms. The molecule has 7 rings (SSSR count). The van der Waals surface area contributed by atoms with Crippen LogP contribution in [-0.2, 0) is 5.72 Å². The van der Waals surface area contributed by atoms with Crippen LogP contribution in [0.2, 0.25) is 0 Å². The highest BCUT2D eigenvalue weighted by Gasteiger charge is 2.55. The van der Waals surface area contributed by atoms with E-state index in [1.807, 2.05) is 62.9 Å². The van der Waals surface area contributed by atoms with E-state index in [4.69, 9.17) is 9.47 Å². The Balaban J connectivity index is 0.000000224. The van der Waals surface area contributed by atoms with Crippen LogP contribution in [-0.4, -0.2) is 77.7 Å². The summed E-state index contributed by atoms with van der Waals surface area (Å²) in [5, 5.41) is 13.2. The second-order valence-corrected chi connectivity index (χ2v) is 15.3. The first-order chi connectivity index (χ1) is 24.1. The number of Topliss-reactive ketones (excluding diaryl/α,β-unsaturated/α-hetero) is 1. The van der Waals surface area contributed by atoms with E-state index >= 15 is 0 Å². The highest BCUT2D eigenvalue weighted by atomic mass is 79.9. The summed E-state index contributed by atoms with van der Waals surface area (Å²) in [6, 6.07) is 24.4. The molecule has 16 heteroatoms. The molecule has 0 aliphatic carbocycles. The molecule has 276 valence electrons. The van der Waals surface area contributed by atoms with E-state index in [0.29, 0.717) is 18.0 Å². The predicted octanol–water partition coefficient (Wildman–Crippen LogP) is 5.35. The Labute approximate surface area is 347 Å². The minimum atomic E-state index is -1.40. The second-order valence-electron chi connectivity index (χ2n) is 11.4. The first kappa shape index (κ1) is 42.3. The number of aliphatic hydroxyl groups is 1. The van der Waals surface area contributed by atoms with Gasteiger partial charge < -0.3 is 36.5 Å². The van der Waals surface area contributed by atoms with Gasteiger partial charge in [-0.25, -0.2) is 18.3 Å². The smallest absolute Gasteiger partial charge is 0.316 e. The lowest BCUT2D eigenvalue weighted by Crippen LogP contribution is -3.00. The number of benzene rings is 4. The Morgan fingerprint density at radius 2 is 1.54 bits per heavy atom. The standard InChI is InChI=1S/C18H17BrFN2O2S.C18H16BrFN2O2S.2BrH/c1-24-14-6-7-15(16(20)10-14)18(23)11-21(17-22(18)8-9-25-17)13-4-2-12(19)3-5-13;1-24-14-6-7-15(16(20)10-14)17(23)11-22(18-21-8-9-25-18)13-4-2-12(19)3-5-13;;/h2-7,10,23H,8-9,11H2,1H3;2-7,10H,8-9,11H2,1H3;2*1H/q+1;;;/p-1. The van der Waals surface area contributed by atoms with Crippen LogP contribution in [0.4, 0.5) is 20.2 Å². The van der Waals surface area contributed by atoms with E-state index in [2.05, 4.69) is 36.9 Å². The summed E-state index contributed by atoms with van der Waals surface area (Å²) in [7, 11) is 2.96. The number of ketones is 1. The molecule has 0 saturated heterocycles. The number of anilines is 2. The molecule has 4 aromatic rings. The van der Waals surface area contributed by atoms with Gasteiger partial charge in [-0.15, -0.1) is 17.0 Å². The lowest BCUT2D eigenvalue weighted by molar-refractivity contribution is -0.651. The first-order valence-electron chi connectivity index (χ1n) is 15.6. The Kier molecular flexibility index (Phi) is 15.2. The van der Waals surface area contributed by atoms with Crippen molar-refractivity contribution in [3.05, 3.63) is 117 Å². The zero-order valence-corrected chi connectivity index (χ0v) is 36.0. The molecular weight excluding hydrogens is 974 g/mol. The van der Waals surface area contributed by atoms with Crippen molar-refractivity contribution < 1.29 is 49.7 Å². The molecule has 0 radical (unpaired) electrons. The van der Waals surface area contributed by atoms with E-state index < -0.39 is 17.4 Å². The molecule has 0 aromatic heterocycles. The summed E-state index contributed by atoms with van der Waals surface area (Å²) < 4.78 is 42.8. The van der Waals surface area contributed by atoms with Crippen molar-refractivity contribution in [3.63, 3.8) is 0 Å². The van der Waals surface area contributed by atoms with E-state index in [1.54, 1.807) is 41.7 Å². The van der Waals surface area contributed by atoms with Gasteiger partial charge in [0.25, 0.3) is 5.72 Å². The molecule has 0 saturated carbocycles. The van der Waals surface area contributed by atoms with E-state index in [-0.39, 0.29) is 64.0 Å². The number of hydrogen-bond acceptors (Lipinski definition) is 9. The number of nitrogens with zero attached hydrogens (tertiary/aromatic N) is 4. The minimum absolute atomic E-state index is 0. The number of thioether (sulfide) groups is 2. The molecule has 4 aromatic carbocycles. The molecule has 3 aliphatic heterocycles. The summed E-state index contributed by atoms with van der Waals surface area (Å²) in [6.07, 6.45) is 0. The summed E-state index contributed by atoms with van der Waals surface area (Å²) in [4.78, 5) is 21.0. The number of methoxy groups -OCH3 is 2. The molecule has 0 bridgehead atoms. The van der Waals surface area contributed by atoms with Gasteiger partial charge in [0, 0.05) is 38.3 Å². The average Bonchev–Trinajstić information content (AvgIpc) is 3.89. The maximum absolute atomic E-state index is 14.7. The van der Waals surface area contributed by atoms with Crippen LogP contribution < -0.4 is 36.3 Å². The third-order valence-corrected chi connectivity index (χ3v) is 11.4. The summed E-state index contributed by atoms with van der Waals surface area (Å²) in [5.41, 5.74) is 0.739. The topological polar surface area (TPSA) is 77.6 Å². The molecule has 0 spiro atoms. The number of rotatable bonds is 8. The van der Waals surface area contributed by atoms with Crippen LogP contribution in [0.5, 0.6) is 11.5 Å². The van der Waals surface area contributed by atoms with Crippen molar-refractivity contribution in [2.24, 2.45) is 4.99 Å². The Morgan fingerprint density at radius 1 is 0.923 bits per heavy atom. The zero-order chi connectivity index (χ0) is 35.4. The van der Waals surface area contributed by atoms with E-state index in [9.17, 15) is 18.7 Å². The normalized spacial score (nSPS) is 17.3. The first-order valence-corrected chi connectivity index (χ1v) is 19.1. The maximum atomic E-state index is 14.7. The van der Waals surface area contributed by atoms with Gasteiger partial charge >= 0.3 is 5.17 Å². The summed E-state index contributed by atoms with van der Waals surface area (Å²) >= 11 is 10.1. The number of amidine groups is 2. The zero-order valence-electron chi connectivity index (χ0n) is 27.9. The molecule has 3 aliphatic rings. The van der Waals surface area contributed by atoms with Gasteiger partial charge in [-0.3, -0.25) is 9.79 Å². The molecular formula is C36H34Br4F2N4O4S2. The number of aliphatic imine (C=N–C) groups is 1. The molecule has 0 amide bonds. The lowest BCUT2D eigenvalue weighted by atomic mass is 10.0. The van der Waals surface area contributed by atoms with Gasteiger partial charge in [0.05, 0.1) is 45.0 Å². The Hall–Kier alpha value is -2.47. The number of carbonyl (C=O) groups excluding carboxylic acids is 1. The predicted molar refractivity (Wildman–Crippen MR) is 215 cm³/mol. The van der Waals surface area contributed by atoms with Gasteiger partial charge in [0.1, 0.15) is 28.8 Å². The highest BCUT2D eigenvalue weighted by molar-refractivity contribution is 9.10. The summed E-state index contributed by atoms with van der Waals surface area (Å²) in [6.45, 7) is 1.70. The second kappa shape index (κ2) is 18.7. The van der Waals surface area contributed by atoms with E-state index in [0.717, 1.165) is 48.7 Å². The molecule has 3 heterocycles. The number of halogens is 6. The quantitative estimate of drug-likeness (QED) is 0.187. The van der Waals surface area contributed by atoms with Crippen molar-refractivity contribution in [1.29, 1.82) is 0 Å². The molecule has 0 fully saturated rings. The van der Waals surface area contributed by atoms with Gasteiger partial charge in [-0.2, -0.15) is 0 Å². The van der Waals surface area contributed by atoms with Crippen LogP contribution in [0.1, 0.15) is 15.9 Å².